The molecule has 10 nitrogen and oxygen atoms in total. The number of furan rings is 1. The Morgan fingerprint density at radius 1 is 1.10 bits per heavy atom. The van der Waals surface area contributed by atoms with Crippen LogP contribution in [0.2, 0.25) is 5.02 Å². The minimum Gasteiger partial charge on any atom is -0.494 e. The number of aromatic nitrogens is 4. The molecule has 11 heteroatoms. The fraction of sp³-hybridized carbons (Fsp3) is 0.258. The third-order valence-corrected chi connectivity index (χ3v) is 8.52. The van der Waals surface area contributed by atoms with Crippen LogP contribution in [-0.4, -0.2) is 48.7 Å². The van der Waals surface area contributed by atoms with E-state index < -0.39 is 5.97 Å². The van der Waals surface area contributed by atoms with Gasteiger partial charge in [-0.3, -0.25) is 4.90 Å². The zero-order chi connectivity index (χ0) is 29.1. The minimum atomic E-state index is -1.01. The molecule has 42 heavy (non-hydrogen) atoms. The van der Waals surface area contributed by atoms with E-state index >= 15 is 0 Å². The number of methoxy groups -OCH3 is 1. The van der Waals surface area contributed by atoms with Crippen molar-refractivity contribution in [3.05, 3.63) is 82.6 Å². The number of para-hydroxylation sites is 1. The highest BCUT2D eigenvalue weighted by Crippen LogP contribution is 2.35. The molecule has 1 unspecified atom stereocenters. The Bertz CT molecular complexity index is 2010. The topological polar surface area (TPSA) is 108 Å². The fourth-order valence-corrected chi connectivity index (χ4v) is 6.08. The molecule has 1 aliphatic heterocycles. The number of carbonyl (C=O) groups is 1. The summed E-state index contributed by atoms with van der Waals surface area (Å²) in [7, 11) is 3.43. The van der Waals surface area contributed by atoms with Crippen LogP contribution < -0.4 is 9.47 Å². The highest BCUT2D eigenvalue weighted by molar-refractivity contribution is 6.35. The van der Waals surface area contributed by atoms with Gasteiger partial charge in [0.25, 0.3) is 0 Å². The maximum absolute atomic E-state index is 11.7. The van der Waals surface area contributed by atoms with Crippen LogP contribution in [0, 0.1) is 0 Å². The number of rotatable bonds is 7. The van der Waals surface area contributed by atoms with Gasteiger partial charge in [0.15, 0.2) is 0 Å². The Morgan fingerprint density at radius 2 is 1.93 bits per heavy atom. The summed E-state index contributed by atoms with van der Waals surface area (Å²) in [6, 6.07) is 14.8. The van der Waals surface area contributed by atoms with E-state index in [0.29, 0.717) is 40.7 Å². The lowest BCUT2D eigenvalue weighted by molar-refractivity contribution is 0.0696. The van der Waals surface area contributed by atoms with Crippen LogP contribution in [0.1, 0.15) is 40.5 Å². The lowest BCUT2D eigenvalue weighted by Crippen LogP contribution is -2.37. The third kappa shape index (κ3) is 4.17. The van der Waals surface area contributed by atoms with E-state index in [4.69, 9.17) is 35.5 Å². The normalized spacial score (nSPS) is 15.5. The summed E-state index contributed by atoms with van der Waals surface area (Å²) in [5.41, 5.74) is 5.01. The number of carboxylic acids is 1. The molecule has 0 aliphatic carbocycles. The highest BCUT2D eigenvalue weighted by Gasteiger charge is 2.29. The molecule has 7 rings (SSSR count). The predicted molar refractivity (Wildman–Crippen MR) is 158 cm³/mol. The molecule has 1 N–H and O–H groups in total. The molecule has 3 aromatic carbocycles. The molecule has 0 amide bonds. The fourth-order valence-electron chi connectivity index (χ4n) is 5.87. The number of benzene rings is 3. The maximum Gasteiger partial charge on any atom is 0.335 e. The molecule has 1 aliphatic rings. The summed E-state index contributed by atoms with van der Waals surface area (Å²) in [6.45, 7) is 4.60. The van der Waals surface area contributed by atoms with Crippen molar-refractivity contribution in [3.63, 3.8) is 0 Å². The van der Waals surface area contributed by atoms with Crippen LogP contribution in [0.5, 0.6) is 11.5 Å². The van der Waals surface area contributed by atoms with Crippen LogP contribution in [0.15, 0.2) is 59.2 Å². The van der Waals surface area contributed by atoms with Gasteiger partial charge in [0.2, 0.25) is 0 Å². The smallest absolute Gasteiger partial charge is 0.335 e. The first kappa shape index (κ1) is 26.4. The van der Waals surface area contributed by atoms with Gasteiger partial charge < -0.3 is 28.1 Å². The quantitative estimate of drug-likeness (QED) is 0.236. The van der Waals surface area contributed by atoms with Crippen molar-refractivity contribution in [2.75, 3.05) is 13.7 Å². The van der Waals surface area contributed by atoms with Gasteiger partial charge in [0.1, 0.15) is 46.4 Å². The number of aromatic carboxylic acids is 1. The molecule has 0 saturated carbocycles. The maximum atomic E-state index is 11.7. The van der Waals surface area contributed by atoms with Gasteiger partial charge in [-0.2, -0.15) is 0 Å². The van der Waals surface area contributed by atoms with E-state index in [0.717, 1.165) is 52.3 Å². The summed E-state index contributed by atoms with van der Waals surface area (Å²) in [6.07, 6.45) is 1.63. The third-order valence-electron chi connectivity index (χ3n) is 8.19. The number of nitrogens with zero attached hydrogens (tertiary/aromatic N) is 5. The van der Waals surface area contributed by atoms with Gasteiger partial charge in [-0.05, 0) is 43.3 Å². The lowest BCUT2D eigenvalue weighted by atomic mass is 10.1. The average Bonchev–Trinajstić information content (AvgIpc) is 3.71. The van der Waals surface area contributed by atoms with Crippen LogP contribution in [0.4, 0.5) is 0 Å². The highest BCUT2D eigenvalue weighted by atomic mass is 35.5. The molecule has 0 spiro atoms. The molecule has 214 valence electrons. The molecule has 1 atom stereocenters. The molecule has 0 radical (unpaired) electrons. The number of hydrogen-bond acceptors (Lipinski definition) is 7. The van der Waals surface area contributed by atoms with Crippen LogP contribution in [0.25, 0.3) is 33.0 Å². The van der Waals surface area contributed by atoms with Crippen LogP contribution >= 0.6 is 11.6 Å². The first-order valence-corrected chi connectivity index (χ1v) is 14.0. The van der Waals surface area contributed by atoms with Gasteiger partial charge in [0, 0.05) is 31.1 Å². The number of hydrogen-bond donors (Lipinski definition) is 1. The van der Waals surface area contributed by atoms with Crippen molar-refractivity contribution < 1.29 is 23.8 Å². The van der Waals surface area contributed by atoms with Crippen LogP contribution in [-0.2, 0) is 26.7 Å². The summed E-state index contributed by atoms with van der Waals surface area (Å²) in [4.78, 5) is 23.9. The first-order chi connectivity index (χ1) is 20.3. The number of fused-ring (bicyclic) bond motifs is 5. The van der Waals surface area contributed by atoms with E-state index in [1.807, 2.05) is 41.9 Å². The van der Waals surface area contributed by atoms with Crippen molar-refractivity contribution in [3.8, 4) is 11.5 Å². The number of aryl methyl sites for hydroxylation is 1. The summed E-state index contributed by atoms with van der Waals surface area (Å²) < 4.78 is 21.6. The second-order valence-corrected chi connectivity index (χ2v) is 10.9. The van der Waals surface area contributed by atoms with Gasteiger partial charge in [0.05, 0.1) is 47.6 Å². The van der Waals surface area contributed by atoms with Gasteiger partial charge >= 0.3 is 5.97 Å². The van der Waals surface area contributed by atoms with Crippen molar-refractivity contribution in [1.82, 2.24) is 24.0 Å². The summed E-state index contributed by atoms with van der Waals surface area (Å²) >= 11 is 6.31. The van der Waals surface area contributed by atoms with Gasteiger partial charge in [-0.15, -0.1) is 0 Å². The molecular formula is C31H28ClN5O5. The number of halogens is 1. The van der Waals surface area contributed by atoms with Crippen molar-refractivity contribution >= 4 is 50.6 Å². The second-order valence-electron chi connectivity index (χ2n) is 10.5. The Labute approximate surface area is 245 Å². The van der Waals surface area contributed by atoms with E-state index in [9.17, 15) is 9.90 Å². The number of imidazole rings is 2. The molecule has 3 aromatic heterocycles. The standard InChI is InChI=1S/C31H28ClN5O5/c1-17-30-34-27-22(5-4-6-24(27)42-16-18-7-8-21(32)20-9-12-41-29(18)20)37(30)11-10-36(17)15-26-33-28-23(35(26)2)13-19(31(38)39)14-25(28)40-3/h4-9,12-14,17H,10-11,15-16H2,1-3H3,(H,38,39). The number of ether oxygens (including phenoxy) is 2. The van der Waals surface area contributed by atoms with Crippen molar-refractivity contribution in [1.29, 1.82) is 0 Å². The van der Waals surface area contributed by atoms with Gasteiger partial charge in [-0.1, -0.05) is 23.7 Å². The SMILES string of the molecule is COc1cc(C(=O)O)cc2c1nc(CN1CCn3c(nc4c(OCc5ccc(Cl)c6ccoc56)cccc43)C1C)n2C. The lowest BCUT2D eigenvalue weighted by Gasteiger charge is -2.33. The van der Waals surface area contributed by atoms with Crippen molar-refractivity contribution in [2.24, 2.45) is 7.05 Å². The van der Waals surface area contributed by atoms with E-state index in [1.165, 1.54) is 13.2 Å². The molecule has 4 heterocycles. The molecular weight excluding hydrogens is 558 g/mol. The van der Waals surface area contributed by atoms with Crippen molar-refractivity contribution in [2.45, 2.75) is 32.7 Å². The molecule has 6 aromatic rings. The largest absolute Gasteiger partial charge is 0.494 e. The molecule has 0 bridgehead atoms. The second kappa shape index (κ2) is 10.1. The van der Waals surface area contributed by atoms with E-state index in [2.05, 4.69) is 22.5 Å². The summed E-state index contributed by atoms with van der Waals surface area (Å²) in [5.74, 6) is 1.92. The zero-order valence-electron chi connectivity index (χ0n) is 23.3. The Hall–Kier alpha value is -4.54. The monoisotopic (exact) mass is 585 g/mol. The minimum absolute atomic E-state index is 0.00861. The van der Waals surface area contributed by atoms with Crippen LogP contribution in [0.3, 0.4) is 0 Å². The van der Waals surface area contributed by atoms with Gasteiger partial charge in [-0.25, -0.2) is 14.8 Å². The zero-order valence-corrected chi connectivity index (χ0v) is 24.1. The number of carboxylic acid groups (broad SMARTS) is 1. The molecule has 0 fully saturated rings. The first-order valence-electron chi connectivity index (χ1n) is 13.6. The Morgan fingerprint density at radius 3 is 2.74 bits per heavy atom. The summed E-state index contributed by atoms with van der Waals surface area (Å²) in [5, 5.41) is 11.1. The van der Waals surface area contributed by atoms with E-state index in [-0.39, 0.29) is 11.6 Å². The molecule has 0 saturated heterocycles. The Kier molecular flexibility index (Phi) is 6.32. The average molecular weight is 586 g/mol. The Balaban J connectivity index is 1.17. The van der Waals surface area contributed by atoms with E-state index in [1.54, 1.807) is 12.3 Å². The predicted octanol–water partition coefficient (Wildman–Crippen LogP) is 6.19.